The first-order valence-electron chi connectivity index (χ1n) is 7.05. The van der Waals surface area contributed by atoms with E-state index in [1.165, 1.54) is 19.3 Å². The van der Waals surface area contributed by atoms with E-state index in [0.717, 1.165) is 12.8 Å². The van der Waals surface area contributed by atoms with E-state index in [2.05, 4.69) is 0 Å². The van der Waals surface area contributed by atoms with Gasteiger partial charge < -0.3 is 9.31 Å². The fraction of sp³-hybridized carbons (Fsp3) is 0.857. The van der Waals surface area contributed by atoms with Gasteiger partial charge >= 0.3 is 7.12 Å². The van der Waals surface area contributed by atoms with Gasteiger partial charge in [-0.3, -0.25) is 0 Å². The predicted molar refractivity (Wildman–Crippen MR) is 71.8 cm³/mol. The van der Waals surface area contributed by atoms with Gasteiger partial charge in [0.25, 0.3) is 0 Å². The predicted octanol–water partition coefficient (Wildman–Crippen LogP) is 4.05. The minimum absolute atomic E-state index is 0.249. The van der Waals surface area contributed by atoms with Crippen LogP contribution in [0.4, 0.5) is 4.39 Å². The third kappa shape index (κ3) is 2.80. The maximum atomic E-state index is 14.2. The molecule has 0 unspecified atom stereocenters. The maximum Gasteiger partial charge on any atom is 0.524 e. The average molecular weight is 254 g/mol. The third-order valence-corrected chi connectivity index (χ3v) is 4.52. The van der Waals surface area contributed by atoms with Crippen molar-refractivity contribution in [1.82, 2.24) is 0 Å². The van der Waals surface area contributed by atoms with E-state index in [0.29, 0.717) is 5.92 Å². The van der Waals surface area contributed by atoms with Crippen LogP contribution in [-0.2, 0) is 9.31 Å². The lowest BCUT2D eigenvalue weighted by atomic mass is 9.82. The van der Waals surface area contributed by atoms with Gasteiger partial charge in [-0.15, -0.1) is 0 Å². The highest BCUT2D eigenvalue weighted by molar-refractivity contribution is 6.53. The Kier molecular flexibility index (Phi) is 3.89. The lowest BCUT2D eigenvalue weighted by molar-refractivity contribution is 0.00578. The van der Waals surface area contributed by atoms with E-state index in [-0.39, 0.29) is 5.73 Å². The molecule has 2 nitrogen and oxygen atoms in total. The van der Waals surface area contributed by atoms with Crippen LogP contribution >= 0.6 is 0 Å². The lowest BCUT2D eigenvalue weighted by Crippen LogP contribution is -2.41. The molecule has 1 aliphatic carbocycles. The number of allylic oxidation sites excluding steroid dienone is 1. The SMILES string of the molecule is CC1(C)OB(C(F)=CC2CCCCC2)OC1(C)C. The van der Waals surface area contributed by atoms with Crippen molar-refractivity contribution in [3.8, 4) is 0 Å². The van der Waals surface area contributed by atoms with E-state index in [9.17, 15) is 4.39 Å². The van der Waals surface area contributed by atoms with Crippen LogP contribution in [0.5, 0.6) is 0 Å². The van der Waals surface area contributed by atoms with Gasteiger partial charge in [0.05, 0.1) is 11.2 Å². The zero-order valence-corrected chi connectivity index (χ0v) is 12.0. The Hall–Kier alpha value is -0.345. The van der Waals surface area contributed by atoms with Crippen LogP contribution in [0.3, 0.4) is 0 Å². The van der Waals surface area contributed by atoms with Crippen LogP contribution in [0, 0.1) is 5.92 Å². The zero-order chi connectivity index (χ0) is 13.4. The normalized spacial score (nSPS) is 28.7. The molecule has 102 valence electrons. The molecule has 2 aliphatic rings. The molecule has 0 N–H and O–H groups in total. The first kappa shape index (κ1) is 14.1. The van der Waals surface area contributed by atoms with E-state index in [1.54, 1.807) is 6.08 Å². The van der Waals surface area contributed by atoms with Gasteiger partial charge in [-0.2, -0.15) is 0 Å². The molecular weight excluding hydrogens is 230 g/mol. The van der Waals surface area contributed by atoms with Crippen molar-refractivity contribution in [2.24, 2.45) is 5.92 Å². The standard InChI is InChI=1S/C14H24BFO2/c1-13(2)14(3,4)18-15(17-13)12(16)10-11-8-6-5-7-9-11/h10-11H,5-9H2,1-4H3. The molecule has 0 bridgehead atoms. The fourth-order valence-corrected chi connectivity index (χ4v) is 2.56. The van der Waals surface area contributed by atoms with Crippen molar-refractivity contribution >= 4 is 7.12 Å². The van der Waals surface area contributed by atoms with Gasteiger partial charge in [-0.05, 0) is 46.5 Å². The van der Waals surface area contributed by atoms with Crippen LogP contribution in [0.2, 0.25) is 0 Å². The Morgan fingerprint density at radius 3 is 2.06 bits per heavy atom. The van der Waals surface area contributed by atoms with Crippen molar-refractivity contribution in [2.75, 3.05) is 0 Å². The van der Waals surface area contributed by atoms with E-state index in [1.807, 2.05) is 27.7 Å². The first-order chi connectivity index (χ1) is 8.32. The molecule has 2 fully saturated rings. The van der Waals surface area contributed by atoms with Gasteiger partial charge in [0.15, 0.2) is 0 Å². The molecule has 0 aromatic carbocycles. The van der Waals surface area contributed by atoms with Crippen LogP contribution in [0.25, 0.3) is 0 Å². The van der Waals surface area contributed by atoms with Crippen LogP contribution in [0.15, 0.2) is 11.8 Å². The van der Waals surface area contributed by atoms with Crippen molar-refractivity contribution in [3.63, 3.8) is 0 Å². The molecule has 0 aromatic rings. The van der Waals surface area contributed by atoms with Crippen molar-refractivity contribution < 1.29 is 13.7 Å². The average Bonchev–Trinajstić information content (AvgIpc) is 2.50. The Morgan fingerprint density at radius 1 is 1.06 bits per heavy atom. The van der Waals surface area contributed by atoms with Crippen LogP contribution in [-0.4, -0.2) is 18.3 Å². The molecule has 0 amide bonds. The summed E-state index contributed by atoms with van der Waals surface area (Å²) in [6.45, 7) is 7.78. The van der Waals surface area contributed by atoms with Gasteiger partial charge in [0.1, 0.15) is 5.73 Å². The molecule has 0 spiro atoms. The molecule has 0 radical (unpaired) electrons. The van der Waals surface area contributed by atoms with Crippen molar-refractivity contribution in [1.29, 1.82) is 0 Å². The molecule has 0 aromatic heterocycles. The van der Waals surface area contributed by atoms with Crippen molar-refractivity contribution in [2.45, 2.75) is 71.0 Å². The van der Waals surface area contributed by atoms with E-state index < -0.39 is 18.3 Å². The van der Waals surface area contributed by atoms with Crippen LogP contribution in [0.1, 0.15) is 59.8 Å². The largest absolute Gasteiger partial charge is 0.524 e. The smallest absolute Gasteiger partial charge is 0.398 e. The number of halogens is 1. The summed E-state index contributed by atoms with van der Waals surface area (Å²) in [5.74, 6) is 0.359. The molecule has 1 saturated heterocycles. The lowest BCUT2D eigenvalue weighted by Gasteiger charge is -2.32. The second-order valence-electron chi connectivity index (χ2n) is 6.54. The maximum absolute atomic E-state index is 14.2. The Morgan fingerprint density at radius 2 is 1.56 bits per heavy atom. The molecule has 2 rings (SSSR count). The molecule has 0 atom stereocenters. The fourth-order valence-electron chi connectivity index (χ4n) is 2.56. The zero-order valence-electron chi connectivity index (χ0n) is 12.0. The summed E-state index contributed by atoms with van der Waals surface area (Å²) in [4.78, 5) is 0. The van der Waals surface area contributed by atoms with E-state index in [4.69, 9.17) is 9.31 Å². The summed E-state index contributed by atoms with van der Waals surface area (Å²) in [6, 6.07) is 0. The summed E-state index contributed by atoms with van der Waals surface area (Å²) in [5, 5.41) is 0. The highest BCUT2D eigenvalue weighted by atomic mass is 19.1. The monoisotopic (exact) mass is 254 g/mol. The van der Waals surface area contributed by atoms with Gasteiger partial charge in [0, 0.05) is 0 Å². The van der Waals surface area contributed by atoms with Gasteiger partial charge in [-0.25, -0.2) is 4.39 Å². The van der Waals surface area contributed by atoms with Gasteiger partial charge in [-0.1, -0.05) is 25.3 Å². The second kappa shape index (κ2) is 4.97. The minimum atomic E-state index is -0.822. The molecule has 1 heterocycles. The molecule has 1 aliphatic heterocycles. The first-order valence-corrected chi connectivity index (χ1v) is 7.05. The number of hydrogen-bond acceptors (Lipinski definition) is 2. The third-order valence-electron chi connectivity index (χ3n) is 4.52. The number of rotatable bonds is 2. The van der Waals surface area contributed by atoms with Gasteiger partial charge in [0.2, 0.25) is 0 Å². The topological polar surface area (TPSA) is 18.5 Å². The summed E-state index contributed by atoms with van der Waals surface area (Å²) >= 11 is 0. The molecule has 18 heavy (non-hydrogen) atoms. The molecule has 1 saturated carbocycles. The Bertz CT molecular complexity index is 317. The highest BCUT2D eigenvalue weighted by Crippen LogP contribution is 2.39. The quantitative estimate of drug-likeness (QED) is 0.692. The minimum Gasteiger partial charge on any atom is -0.398 e. The summed E-state index contributed by atoms with van der Waals surface area (Å²) in [5.41, 5.74) is -1.18. The summed E-state index contributed by atoms with van der Waals surface area (Å²) in [7, 11) is -0.822. The number of hydrogen-bond donors (Lipinski definition) is 0. The summed E-state index contributed by atoms with van der Waals surface area (Å²) in [6.07, 6.45) is 7.60. The molecule has 4 heteroatoms. The van der Waals surface area contributed by atoms with E-state index >= 15 is 0 Å². The highest BCUT2D eigenvalue weighted by Gasteiger charge is 2.53. The van der Waals surface area contributed by atoms with Crippen LogP contribution < -0.4 is 0 Å². The second-order valence-corrected chi connectivity index (χ2v) is 6.54. The Balaban J connectivity index is 2.02. The summed E-state index contributed by atoms with van der Waals surface area (Å²) < 4.78 is 25.6. The molecular formula is C14H24BFO2. The Labute approximate surface area is 110 Å². The van der Waals surface area contributed by atoms with Crippen molar-refractivity contribution in [3.05, 3.63) is 11.8 Å².